The first-order chi connectivity index (χ1) is 14.0. The van der Waals surface area contributed by atoms with Gasteiger partial charge in [-0.05, 0) is 74.3 Å². The minimum Gasteiger partial charge on any atom is -0.358 e. The Bertz CT molecular complexity index is 1120. The number of carbonyl (C=O) groups is 1. The van der Waals surface area contributed by atoms with E-state index < -0.39 is 5.82 Å². The third kappa shape index (κ3) is 4.38. The van der Waals surface area contributed by atoms with Gasteiger partial charge in [-0.3, -0.25) is 9.59 Å². The molecule has 0 spiro atoms. The fourth-order valence-electron chi connectivity index (χ4n) is 3.88. The minimum absolute atomic E-state index is 0.0885. The molecular formula is C23H24FN3O2. The maximum atomic E-state index is 14.2. The lowest BCUT2D eigenvalue weighted by Gasteiger charge is -2.15. The van der Waals surface area contributed by atoms with Gasteiger partial charge in [0.1, 0.15) is 5.82 Å². The molecular weight excluding hydrogens is 369 g/mol. The summed E-state index contributed by atoms with van der Waals surface area (Å²) >= 11 is 0. The maximum Gasteiger partial charge on any atom is 0.251 e. The van der Waals surface area contributed by atoms with Crippen molar-refractivity contribution in [3.8, 4) is 11.1 Å². The summed E-state index contributed by atoms with van der Waals surface area (Å²) in [7, 11) is 0. The first-order valence-electron chi connectivity index (χ1n) is 9.95. The van der Waals surface area contributed by atoms with E-state index in [2.05, 4.69) is 15.2 Å². The molecule has 2 aromatic carbocycles. The number of fused-ring (bicyclic) bond motifs is 1. The molecule has 2 N–H and O–H groups in total. The fourth-order valence-corrected chi connectivity index (χ4v) is 3.88. The molecule has 3 aromatic rings. The number of aryl methyl sites for hydroxylation is 1. The molecule has 1 amide bonds. The zero-order chi connectivity index (χ0) is 20.4. The molecule has 1 fully saturated rings. The van der Waals surface area contributed by atoms with Gasteiger partial charge in [0.2, 0.25) is 0 Å². The van der Waals surface area contributed by atoms with Gasteiger partial charge in [-0.2, -0.15) is 0 Å². The summed E-state index contributed by atoms with van der Waals surface area (Å²) in [5, 5.41) is 3.41. The number of hydrogen-bond acceptors (Lipinski definition) is 3. The average Bonchev–Trinajstić information content (AvgIpc) is 3.20. The van der Waals surface area contributed by atoms with Gasteiger partial charge in [-0.1, -0.05) is 6.07 Å². The number of hydrogen-bond donors (Lipinski definition) is 2. The number of amides is 1. The van der Waals surface area contributed by atoms with Crippen LogP contribution in [0, 0.1) is 12.7 Å². The number of aromatic nitrogens is 1. The summed E-state index contributed by atoms with van der Waals surface area (Å²) in [4.78, 5) is 30.3. The predicted molar refractivity (Wildman–Crippen MR) is 113 cm³/mol. The molecule has 1 aliphatic heterocycles. The van der Waals surface area contributed by atoms with Crippen molar-refractivity contribution in [1.29, 1.82) is 0 Å². The lowest BCUT2D eigenvalue weighted by Crippen LogP contribution is -2.33. The quantitative estimate of drug-likeness (QED) is 0.698. The van der Waals surface area contributed by atoms with E-state index in [9.17, 15) is 14.0 Å². The van der Waals surface area contributed by atoms with E-state index in [0.717, 1.165) is 30.8 Å². The monoisotopic (exact) mass is 393 g/mol. The largest absolute Gasteiger partial charge is 0.358 e. The van der Waals surface area contributed by atoms with Gasteiger partial charge in [0.05, 0.1) is 0 Å². The molecule has 1 aliphatic rings. The average molecular weight is 393 g/mol. The number of carbonyl (C=O) groups excluding carboxylic acids is 1. The van der Waals surface area contributed by atoms with E-state index in [-0.39, 0.29) is 16.9 Å². The van der Waals surface area contributed by atoms with E-state index in [4.69, 9.17) is 0 Å². The number of benzene rings is 2. The summed E-state index contributed by atoms with van der Waals surface area (Å²) in [6.45, 7) is 5.31. The van der Waals surface area contributed by atoms with Crippen LogP contribution >= 0.6 is 0 Å². The van der Waals surface area contributed by atoms with Gasteiger partial charge in [0.25, 0.3) is 5.91 Å². The standard InChI is InChI=1S/C23H24FN3O2/c1-15-10-22(28)20-14-16(4-5-21(20)26-15)17-11-18(13-19(24)12-17)23(29)25-6-9-27-7-2-3-8-27/h4-5,10-14H,2-3,6-9H2,1H3,(H,25,29)(H,26,28). The Balaban J connectivity index is 1.57. The molecule has 2 heterocycles. The van der Waals surface area contributed by atoms with Crippen molar-refractivity contribution in [3.05, 3.63) is 69.8 Å². The van der Waals surface area contributed by atoms with E-state index in [1.807, 2.05) is 13.0 Å². The minimum atomic E-state index is -0.481. The van der Waals surface area contributed by atoms with Gasteiger partial charge >= 0.3 is 0 Å². The van der Waals surface area contributed by atoms with Crippen molar-refractivity contribution in [2.24, 2.45) is 0 Å². The number of halogens is 1. The Morgan fingerprint density at radius 3 is 2.69 bits per heavy atom. The molecule has 1 aromatic heterocycles. The van der Waals surface area contributed by atoms with Crippen LogP contribution in [-0.2, 0) is 0 Å². The number of pyridine rings is 1. The molecule has 5 nitrogen and oxygen atoms in total. The van der Waals surface area contributed by atoms with Crippen molar-refractivity contribution in [1.82, 2.24) is 15.2 Å². The molecule has 0 bridgehead atoms. The van der Waals surface area contributed by atoms with Crippen LogP contribution in [0.5, 0.6) is 0 Å². The van der Waals surface area contributed by atoms with Crippen molar-refractivity contribution >= 4 is 16.8 Å². The first kappa shape index (κ1) is 19.3. The number of nitrogens with one attached hydrogen (secondary N) is 2. The summed E-state index contributed by atoms with van der Waals surface area (Å²) in [6.07, 6.45) is 2.41. The Morgan fingerprint density at radius 2 is 1.90 bits per heavy atom. The second-order valence-electron chi connectivity index (χ2n) is 7.61. The van der Waals surface area contributed by atoms with Crippen LogP contribution in [0.1, 0.15) is 28.9 Å². The lowest BCUT2D eigenvalue weighted by molar-refractivity contribution is 0.0949. The van der Waals surface area contributed by atoms with Crippen LogP contribution < -0.4 is 10.7 Å². The predicted octanol–water partition coefficient (Wildman–Crippen LogP) is 3.47. The normalized spacial score (nSPS) is 14.4. The fraction of sp³-hybridized carbons (Fsp3) is 0.304. The van der Waals surface area contributed by atoms with Crippen molar-refractivity contribution < 1.29 is 9.18 Å². The van der Waals surface area contributed by atoms with Crippen molar-refractivity contribution in [3.63, 3.8) is 0 Å². The highest BCUT2D eigenvalue weighted by Crippen LogP contribution is 2.25. The topological polar surface area (TPSA) is 65.2 Å². The maximum absolute atomic E-state index is 14.2. The van der Waals surface area contributed by atoms with Crippen LogP contribution in [0.3, 0.4) is 0 Å². The number of H-pyrrole nitrogens is 1. The molecule has 1 saturated heterocycles. The second kappa shape index (κ2) is 8.17. The molecule has 0 radical (unpaired) electrons. The summed E-state index contributed by atoms with van der Waals surface area (Å²) in [6, 6.07) is 11.2. The third-order valence-electron chi connectivity index (χ3n) is 5.37. The van der Waals surface area contributed by atoms with Crippen molar-refractivity contribution in [2.45, 2.75) is 19.8 Å². The zero-order valence-corrected chi connectivity index (χ0v) is 16.4. The third-order valence-corrected chi connectivity index (χ3v) is 5.37. The van der Waals surface area contributed by atoms with Crippen molar-refractivity contribution in [2.75, 3.05) is 26.2 Å². The molecule has 6 heteroatoms. The van der Waals surface area contributed by atoms with Gasteiger partial charge < -0.3 is 15.2 Å². The Kier molecular flexibility index (Phi) is 5.45. The van der Waals surface area contributed by atoms with Gasteiger partial charge in [0.15, 0.2) is 5.43 Å². The number of likely N-dealkylation sites (tertiary alicyclic amines) is 1. The first-order valence-corrected chi connectivity index (χ1v) is 9.95. The van der Waals surface area contributed by atoms with Crippen LogP contribution in [0.2, 0.25) is 0 Å². The van der Waals surface area contributed by atoms with Crippen LogP contribution in [-0.4, -0.2) is 42.0 Å². The summed E-state index contributed by atoms with van der Waals surface area (Å²) in [5.74, 6) is -0.774. The van der Waals surface area contributed by atoms with E-state index >= 15 is 0 Å². The Hall–Kier alpha value is -2.99. The summed E-state index contributed by atoms with van der Waals surface area (Å²) < 4.78 is 14.2. The van der Waals surface area contributed by atoms with Gasteiger partial charge in [-0.15, -0.1) is 0 Å². The summed E-state index contributed by atoms with van der Waals surface area (Å²) in [5.41, 5.74) is 2.96. The van der Waals surface area contributed by atoms with Crippen LogP contribution in [0.25, 0.3) is 22.0 Å². The van der Waals surface area contributed by atoms with E-state index in [0.29, 0.717) is 23.1 Å². The molecule has 0 unspecified atom stereocenters. The lowest BCUT2D eigenvalue weighted by atomic mass is 10.0. The van der Waals surface area contributed by atoms with Crippen LogP contribution in [0.4, 0.5) is 4.39 Å². The number of nitrogens with zero attached hydrogens (tertiary/aromatic N) is 1. The molecule has 29 heavy (non-hydrogen) atoms. The number of aromatic amines is 1. The van der Waals surface area contributed by atoms with E-state index in [1.54, 1.807) is 18.2 Å². The Labute approximate surface area is 168 Å². The molecule has 0 aliphatic carbocycles. The molecule has 4 rings (SSSR count). The Morgan fingerprint density at radius 1 is 1.10 bits per heavy atom. The SMILES string of the molecule is Cc1cc(=O)c2cc(-c3cc(F)cc(C(=O)NCCN4CCCC4)c3)ccc2[nH]1. The molecule has 0 saturated carbocycles. The molecule has 150 valence electrons. The highest BCUT2D eigenvalue weighted by Gasteiger charge is 2.13. The van der Waals surface area contributed by atoms with E-state index in [1.165, 1.54) is 31.0 Å². The second-order valence-corrected chi connectivity index (χ2v) is 7.61. The zero-order valence-electron chi connectivity index (χ0n) is 16.4. The highest BCUT2D eigenvalue weighted by atomic mass is 19.1. The smallest absolute Gasteiger partial charge is 0.251 e. The van der Waals surface area contributed by atoms with Gasteiger partial charge in [0, 0.05) is 41.3 Å². The molecule has 0 atom stereocenters. The number of rotatable bonds is 5. The van der Waals surface area contributed by atoms with Crippen LogP contribution in [0.15, 0.2) is 47.3 Å². The highest BCUT2D eigenvalue weighted by molar-refractivity contribution is 5.96. The van der Waals surface area contributed by atoms with Gasteiger partial charge in [-0.25, -0.2) is 4.39 Å².